The third-order valence-electron chi connectivity index (χ3n) is 4.55. The number of nitrogens with zero attached hydrogens (tertiary/aromatic N) is 3. The quantitative estimate of drug-likeness (QED) is 0.533. The number of H-pyrrole nitrogens is 1. The number of nitro benzene ring substituents is 1. The zero-order chi connectivity index (χ0) is 19.0. The molecule has 4 rings (SSSR count). The number of fused-ring (bicyclic) bond motifs is 1. The molecule has 1 aliphatic heterocycles. The molecule has 0 amide bonds. The van der Waals surface area contributed by atoms with Crippen molar-refractivity contribution in [3.8, 4) is 11.3 Å². The van der Waals surface area contributed by atoms with Crippen molar-refractivity contribution in [1.29, 1.82) is 0 Å². The Labute approximate surface area is 153 Å². The number of nitrogens with two attached hydrogens (primary N) is 1. The van der Waals surface area contributed by atoms with Crippen LogP contribution in [-0.2, 0) is 19.5 Å². The minimum absolute atomic E-state index is 0.0177. The fourth-order valence-corrected chi connectivity index (χ4v) is 3.25. The third-order valence-corrected chi connectivity index (χ3v) is 4.55. The maximum atomic E-state index is 12.1. The molecule has 0 saturated heterocycles. The van der Waals surface area contributed by atoms with Crippen LogP contribution in [0.15, 0.2) is 45.6 Å². The minimum Gasteiger partial charge on any atom is -0.460 e. The van der Waals surface area contributed by atoms with Gasteiger partial charge in [0.05, 0.1) is 22.7 Å². The first-order chi connectivity index (χ1) is 13.0. The number of anilines is 1. The highest BCUT2D eigenvalue weighted by Gasteiger charge is 2.22. The molecule has 1 aliphatic rings. The van der Waals surface area contributed by atoms with Gasteiger partial charge in [-0.2, -0.15) is 0 Å². The van der Waals surface area contributed by atoms with Crippen molar-refractivity contribution in [1.82, 2.24) is 14.9 Å². The monoisotopic (exact) mass is 367 g/mol. The number of nitrogen functional groups attached to an aromatic ring is 1. The van der Waals surface area contributed by atoms with Gasteiger partial charge in [0, 0.05) is 37.2 Å². The SMILES string of the molecule is Nc1nc2c(c(=O)[nH]1)CN(Cc1ccc(-c3cccc([N+](=O)[O-])c3)o1)CC2. The lowest BCUT2D eigenvalue weighted by Gasteiger charge is -2.26. The highest BCUT2D eigenvalue weighted by atomic mass is 16.6. The van der Waals surface area contributed by atoms with Crippen molar-refractivity contribution in [2.75, 3.05) is 12.3 Å². The van der Waals surface area contributed by atoms with Crippen LogP contribution in [0, 0.1) is 10.1 Å². The molecule has 27 heavy (non-hydrogen) atoms. The first-order valence-corrected chi connectivity index (χ1v) is 8.43. The number of hydrogen-bond donors (Lipinski definition) is 2. The van der Waals surface area contributed by atoms with Crippen LogP contribution in [0.2, 0.25) is 0 Å². The molecule has 9 heteroatoms. The number of nitro groups is 1. The third kappa shape index (κ3) is 3.44. The number of hydrogen-bond acceptors (Lipinski definition) is 7. The smallest absolute Gasteiger partial charge is 0.270 e. The molecular formula is C18H17N5O4. The van der Waals surface area contributed by atoms with Gasteiger partial charge in [-0.25, -0.2) is 4.98 Å². The molecule has 3 N–H and O–H groups in total. The standard InChI is InChI=1S/C18H17N5O4/c19-18-20-15-6-7-22(10-14(15)17(24)21-18)9-13-4-5-16(27-13)11-2-1-3-12(8-11)23(25)26/h1-5,8H,6-7,9-10H2,(H3,19,20,21,24). The molecule has 0 atom stereocenters. The summed E-state index contributed by atoms with van der Waals surface area (Å²) in [6.45, 7) is 1.72. The predicted octanol–water partition coefficient (Wildman–Crippen LogP) is 2.08. The summed E-state index contributed by atoms with van der Waals surface area (Å²) < 4.78 is 5.86. The Morgan fingerprint density at radius 1 is 1.33 bits per heavy atom. The van der Waals surface area contributed by atoms with E-state index in [1.165, 1.54) is 12.1 Å². The van der Waals surface area contributed by atoms with Crippen LogP contribution in [0.5, 0.6) is 0 Å². The first kappa shape index (κ1) is 17.0. The second-order valence-electron chi connectivity index (χ2n) is 6.41. The molecule has 0 aliphatic carbocycles. The van der Waals surface area contributed by atoms with Crippen LogP contribution in [0.3, 0.4) is 0 Å². The summed E-state index contributed by atoms with van der Waals surface area (Å²) in [5.74, 6) is 1.43. The number of benzene rings is 1. The minimum atomic E-state index is -0.434. The zero-order valence-corrected chi connectivity index (χ0v) is 14.3. The van der Waals surface area contributed by atoms with Gasteiger partial charge in [-0.15, -0.1) is 0 Å². The molecule has 0 radical (unpaired) electrons. The van der Waals surface area contributed by atoms with E-state index in [4.69, 9.17) is 10.2 Å². The molecule has 9 nitrogen and oxygen atoms in total. The van der Waals surface area contributed by atoms with Crippen LogP contribution in [-0.4, -0.2) is 26.3 Å². The van der Waals surface area contributed by atoms with Gasteiger partial charge >= 0.3 is 0 Å². The lowest BCUT2D eigenvalue weighted by molar-refractivity contribution is -0.384. The largest absolute Gasteiger partial charge is 0.460 e. The Balaban J connectivity index is 1.51. The number of rotatable bonds is 4. The predicted molar refractivity (Wildman–Crippen MR) is 97.9 cm³/mol. The van der Waals surface area contributed by atoms with E-state index in [1.54, 1.807) is 18.2 Å². The number of aromatic nitrogens is 2. The topological polar surface area (TPSA) is 131 Å². The average molecular weight is 367 g/mol. The molecule has 2 aromatic heterocycles. The summed E-state index contributed by atoms with van der Waals surface area (Å²) in [5, 5.41) is 10.9. The van der Waals surface area contributed by atoms with Gasteiger partial charge in [0.1, 0.15) is 11.5 Å². The highest BCUT2D eigenvalue weighted by molar-refractivity contribution is 5.61. The van der Waals surface area contributed by atoms with Gasteiger partial charge in [0.15, 0.2) is 0 Å². The summed E-state index contributed by atoms with van der Waals surface area (Å²) in [4.78, 5) is 31.4. The van der Waals surface area contributed by atoms with Crippen molar-refractivity contribution in [3.63, 3.8) is 0 Å². The van der Waals surface area contributed by atoms with Crippen LogP contribution >= 0.6 is 0 Å². The molecule has 0 fully saturated rings. The second-order valence-corrected chi connectivity index (χ2v) is 6.41. The summed E-state index contributed by atoms with van der Waals surface area (Å²) in [5.41, 5.74) is 7.41. The Hall–Kier alpha value is -3.46. The van der Waals surface area contributed by atoms with Gasteiger partial charge in [0.25, 0.3) is 11.2 Å². The second kappa shape index (κ2) is 6.69. The van der Waals surface area contributed by atoms with Gasteiger partial charge in [-0.3, -0.25) is 24.8 Å². The molecule has 3 heterocycles. The molecule has 0 spiro atoms. The van der Waals surface area contributed by atoms with E-state index in [-0.39, 0.29) is 17.2 Å². The van der Waals surface area contributed by atoms with E-state index in [0.29, 0.717) is 36.4 Å². The van der Waals surface area contributed by atoms with Crippen LogP contribution in [0.25, 0.3) is 11.3 Å². The molecule has 3 aromatic rings. The Bertz CT molecular complexity index is 1070. The van der Waals surface area contributed by atoms with Crippen molar-refractivity contribution < 1.29 is 9.34 Å². The molecule has 0 unspecified atom stereocenters. The van der Waals surface area contributed by atoms with Gasteiger partial charge < -0.3 is 10.2 Å². The van der Waals surface area contributed by atoms with E-state index in [1.807, 2.05) is 6.07 Å². The zero-order valence-electron chi connectivity index (χ0n) is 14.3. The Morgan fingerprint density at radius 2 is 2.19 bits per heavy atom. The summed E-state index contributed by atoms with van der Waals surface area (Å²) in [6, 6.07) is 9.95. The Kier molecular flexibility index (Phi) is 4.21. The summed E-state index contributed by atoms with van der Waals surface area (Å²) >= 11 is 0. The maximum absolute atomic E-state index is 12.1. The van der Waals surface area contributed by atoms with Gasteiger partial charge in [0.2, 0.25) is 5.95 Å². The van der Waals surface area contributed by atoms with Gasteiger partial charge in [-0.1, -0.05) is 12.1 Å². The van der Waals surface area contributed by atoms with Gasteiger partial charge in [-0.05, 0) is 12.1 Å². The number of aromatic amines is 1. The fourth-order valence-electron chi connectivity index (χ4n) is 3.25. The van der Waals surface area contributed by atoms with E-state index in [2.05, 4.69) is 14.9 Å². The van der Waals surface area contributed by atoms with Crippen LogP contribution < -0.4 is 11.3 Å². The lowest BCUT2D eigenvalue weighted by Crippen LogP contribution is -2.35. The lowest BCUT2D eigenvalue weighted by atomic mass is 10.1. The molecule has 1 aromatic carbocycles. The number of furan rings is 1. The van der Waals surface area contributed by atoms with Crippen molar-refractivity contribution >= 4 is 11.6 Å². The fraction of sp³-hybridized carbons (Fsp3) is 0.222. The highest BCUT2D eigenvalue weighted by Crippen LogP contribution is 2.27. The molecule has 0 bridgehead atoms. The van der Waals surface area contributed by atoms with Crippen molar-refractivity contribution in [2.24, 2.45) is 0 Å². The van der Waals surface area contributed by atoms with Crippen LogP contribution in [0.4, 0.5) is 11.6 Å². The van der Waals surface area contributed by atoms with Crippen LogP contribution in [0.1, 0.15) is 17.0 Å². The summed E-state index contributed by atoms with van der Waals surface area (Å²) in [7, 11) is 0. The van der Waals surface area contributed by atoms with Crippen molar-refractivity contribution in [3.05, 3.63) is 73.9 Å². The number of nitrogens with one attached hydrogen (secondary N) is 1. The number of non-ortho nitro benzene ring substituents is 1. The van der Waals surface area contributed by atoms with E-state index in [0.717, 1.165) is 18.0 Å². The van der Waals surface area contributed by atoms with E-state index < -0.39 is 4.92 Å². The maximum Gasteiger partial charge on any atom is 0.270 e. The Morgan fingerprint density at radius 3 is 3.00 bits per heavy atom. The normalized spacial score (nSPS) is 14.1. The van der Waals surface area contributed by atoms with E-state index in [9.17, 15) is 14.9 Å². The van der Waals surface area contributed by atoms with E-state index >= 15 is 0 Å². The summed E-state index contributed by atoms with van der Waals surface area (Å²) in [6.07, 6.45) is 0.641. The van der Waals surface area contributed by atoms with Crippen molar-refractivity contribution in [2.45, 2.75) is 19.5 Å². The molecule has 138 valence electrons. The molecular weight excluding hydrogens is 350 g/mol. The average Bonchev–Trinajstić information content (AvgIpc) is 3.11. The first-order valence-electron chi connectivity index (χ1n) is 8.43. The molecule has 0 saturated carbocycles.